The molecular weight excluding hydrogens is 370 g/mol. The van der Waals surface area contributed by atoms with Crippen LogP contribution in [0.25, 0.3) is 0 Å². The number of rotatable bonds is 5. The Balaban J connectivity index is 1.32. The number of carbonyl (C=O) groups excluding carboxylic acids is 2. The third-order valence-corrected chi connectivity index (χ3v) is 6.00. The summed E-state index contributed by atoms with van der Waals surface area (Å²) in [6.45, 7) is 6.17. The van der Waals surface area contributed by atoms with Gasteiger partial charge in [-0.1, -0.05) is 0 Å². The smallest absolute Gasteiger partial charge is 0.274 e. The van der Waals surface area contributed by atoms with Crippen molar-refractivity contribution in [3.05, 3.63) is 42.2 Å². The summed E-state index contributed by atoms with van der Waals surface area (Å²) in [6.07, 6.45) is 7.86. The van der Waals surface area contributed by atoms with E-state index in [1.165, 1.54) is 0 Å². The average Bonchev–Trinajstić information content (AvgIpc) is 3.48. The molecule has 0 saturated carbocycles. The Kier molecular flexibility index (Phi) is 5.71. The molecule has 4 rings (SSSR count). The number of nitrogens with one attached hydrogen (secondary N) is 2. The Morgan fingerprint density at radius 3 is 2.72 bits per heavy atom. The molecule has 0 aromatic carbocycles. The van der Waals surface area contributed by atoms with E-state index in [-0.39, 0.29) is 30.0 Å². The third kappa shape index (κ3) is 4.22. The molecule has 2 amide bonds. The van der Waals surface area contributed by atoms with Crippen LogP contribution in [0.5, 0.6) is 0 Å². The molecule has 0 radical (unpaired) electrons. The van der Waals surface area contributed by atoms with Gasteiger partial charge in [0.05, 0.1) is 18.5 Å². The number of carbonyl (C=O) groups is 2. The van der Waals surface area contributed by atoms with Crippen LogP contribution in [0.3, 0.4) is 0 Å². The van der Waals surface area contributed by atoms with Crippen molar-refractivity contribution in [1.29, 1.82) is 0 Å². The highest BCUT2D eigenvalue weighted by Gasteiger charge is 2.38. The summed E-state index contributed by atoms with van der Waals surface area (Å²) in [7, 11) is 0. The minimum Gasteiger partial charge on any atom is -0.376 e. The summed E-state index contributed by atoms with van der Waals surface area (Å²) < 4.78 is 7.94. The van der Waals surface area contributed by atoms with Crippen LogP contribution in [0, 0.1) is 5.92 Å². The molecule has 8 nitrogen and oxygen atoms in total. The van der Waals surface area contributed by atoms with Gasteiger partial charge in [0.2, 0.25) is 0 Å². The Morgan fingerprint density at radius 1 is 1.28 bits per heavy atom. The van der Waals surface area contributed by atoms with Gasteiger partial charge in [-0.2, -0.15) is 0 Å². The van der Waals surface area contributed by atoms with Gasteiger partial charge in [-0.25, -0.2) is 4.98 Å². The number of ether oxygens (including phenoxy) is 1. The van der Waals surface area contributed by atoms with Crippen molar-refractivity contribution in [2.45, 2.75) is 51.3 Å². The summed E-state index contributed by atoms with van der Waals surface area (Å²) in [5, 5.41) is 3.11. The third-order valence-electron chi connectivity index (χ3n) is 6.00. The zero-order valence-corrected chi connectivity index (χ0v) is 17.0. The molecule has 2 aromatic rings. The molecule has 8 heteroatoms. The number of hydrogen-bond donors (Lipinski definition) is 2. The van der Waals surface area contributed by atoms with Crippen molar-refractivity contribution < 1.29 is 14.3 Å². The predicted molar refractivity (Wildman–Crippen MR) is 108 cm³/mol. The molecule has 156 valence electrons. The van der Waals surface area contributed by atoms with Gasteiger partial charge in [-0.15, -0.1) is 0 Å². The highest BCUT2D eigenvalue weighted by molar-refractivity contribution is 5.93. The number of likely N-dealkylation sites (tertiary alicyclic amines) is 1. The summed E-state index contributed by atoms with van der Waals surface area (Å²) >= 11 is 0. The van der Waals surface area contributed by atoms with Gasteiger partial charge < -0.3 is 24.5 Å². The quantitative estimate of drug-likeness (QED) is 0.806. The van der Waals surface area contributed by atoms with Gasteiger partial charge in [-0.05, 0) is 51.2 Å². The molecule has 0 bridgehead atoms. The number of nitrogens with zero attached hydrogens (tertiary/aromatic N) is 3. The summed E-state index contributed by atoms with van der Waals surface area (Å²) in [5.74, 6) is 0.236. The van der Waals surface area contributed by atoms with E-state index in [4.69, 9.17) is 4.74 Å². The first-order valence-electron chi connectivity index (χ1n) is 10.4. The Morgan fingerprint density at radius 2 is 2.07 bits per heavy atom. The monoisotopic (exact) mass is 399 g/mol. The van der Waals surface area contributed by atoms with Crippen molar-refractivity contribution in [2.24, 2.45) is 5.92 Å². The fourth-order valence-electron chi connectivity index (χ4n) is 4.27. The largest absolute Gasteiger partial charge is 0.376 e. The molecule has 2 atom stereocenters. The molecule has 29 heavy (non-hydrogen) atoms. The maximum atomic E-state index is 12.8. The molecule has 4 heterocycles. The van der Waals surface area contributed by atoms with Gasteiger partial charge in [-0.3, -0.25) is 9.59 Å². The molecule has 0 aliphatic carbocycles. The van der Waals surface area contributed by atoms with Gasteiger partial charge in [0.15, 0.2) is 0 Å². The maximum absolute atomic E-state index is 12.8. The highest BCUT2D eigenvalue weighted by Crippen LogP contribution is 2.30. The number of H-pyrrole nitrogens is 1. The van der Waals surface area contributed by atoms with E-state index in [1.54, 1.807) is 18.6 Å². The SMILES string of the molecule is CC(C)n1cnc(C(=O)N2CCC([C@@H]3OCC[C@H]3NC(=O)c3ccc[nH]3)CC2)c1. The van der Waals surface area contributed by atoms with Crippen molar-refractivity contribution in [1.82, 2.24) is 24.8 Å². The highest BCUT2D eigenvalue weighted by atomic mass is 16.5. The Hall–Kier alpha value is -2.61. The van der Waals surface area contributed by atoms with E-state index >= 15 is 0 Å². The Labute approximate surface area is 170 Å². The fraction of sp³-hybridized carbons (Fsp3) is 0.571. The molecule has 2 saturated heterocycles. The van der Waals surface area contributed by atoms with Crippen molar-refractivity contribution in [3.8, 4) is 0 Å². The van der Waals surface area contributed by atoms with Crippen LogP contribution in [-0.2, 0) is 4.74 Å². The lowest BCUT2D eigenvalue weighted by Crippen LogP contribution is -2.48. The zero-order valence-electron chi connectivity index (χ0n) is 17.0. The second-order valence-electron chi connectivity index (χ2n) is 8.22. The first-order chi connectivity index (χ1) is 14.0. The van der Waals surface area contributed by atoms with Crippen molar-refractivity contribution >= 4 is 11.8 Å². The van der Waals surface area contributed by atoms with Gasteiger partial charge in [0.25, 0.3) is 11.8 Å². The lowest BCUT2D eigenvalue weighted by atomic mass is 9.87. The van der Waals surface area contributed by atoms with Crippen LogP contribution in [0.15, 0.2) is 30.9 Å². The second-order valence-corrected chi connectivity index (χ2v) is 8.22. The minimum atomic E-state index is -0.0937. The van der Waals surface area contributed by atoms with E-state index in [1.807, 2.05) is 21.7 Å². The molecule has 2 aliphatic rings. The predicted octanol–water partition coefficient (Wildman–Crippen LogP) is 2.23. The molecular formula is C21H29N5O3. The van der Waals surface area contributed by atoms with E-state index in [2.05, 4.69) is 29.1 Å². The summed E-state index contributed by atoms with van der Waals surface area (Å²) in [4.78, 5) is 34.2. The van der Waals surface area contributed by atoms with Crippen LogP contribution < -0.4 is 5.32 Å². The van der Waals surface area contributed by atoms with Crippen LogP contribution in [0.1, 0.15) is 60.1 Å². The molecule has 2 aliphatic heterocycles. The van der Waals surface area contributed by atoms with Gasteiger partial charge >= 0.3 is 0 Å². The minimum absolute atomic E-state index is 0.00585. The summed E-state index contributed by atoms with van der Waals surface area (Å²) in [5.41, 5.74) is 1.07. The van der Waals surface area contributed by atoms with Gasteiger partial charge in [0, 0.05) is 38.1 Å². The maximum Gasteiger partial charge on any atom is 0.274 e. The molecule has 2 aromatic heterocycles. The number of hydrogen-bond acceptors (Lipinski definition) is 4. The standard InChI is InChI=1S/C21H29N5O3/c1-14(2)26-12-18(23-13-26)21(28)25-9-5-15(6-10-25)19-16(7-11-29-19)24-20(27)17-4-3-8-22-17/h3-4,8,12-16,19,22H,5-7,9-11H2,1-2H3,(H,24,27)/t16-,19+/m1/s1. The zero-order chi connectivity index (χ0) is 20.4. The lowest BCUT2D eigenvalue weighted by molar-refractivity contribution is 0.0198. The van der Waals surface area contributed by atoms with Crippen LogP contribution in [0.4, 0.5) is 0 Å². The van der Waals surface area contributed by atoms with Crippen LogP contribution in [-0.4, -0.2) is 63.1 Å². The molecule has 0 unspecified atom stereocenters. The number of piperidine rings is 1. The van der Waals surface area contributed by atoms with Crippen LogP contribution >= 0.6 is 0 Å². The molecule has 2 fully saturated rings. The lowest BCUT2D eigenvalue weighted by Gasteiger charge is -2.36. The number of aromatic amines is 1. The first-order valence-corrected chi connectivity index (χ1v) is 10.4. The van der Waals surface area contributed by atoms with E-state index in [0.29, 0.717) is 37.0 Å². The number of aromatic nitrogens is 3. The Bertz CT molecular complexity index is 836. The molecule has 0 spiro atoms. The fourth-order valence-corrected chi connectivity index (χ4v) is 4.27. The van der Waals surface area contributed by atoms with E-state index in [0.717, 1.165) is 19.3 Å². The normalized spacial score (nSPS) is 22.9. The van der Waals surface area contributed by atoms with Crippen molar-refractivity contribution in [2.75, 3.05) is 19.7 Å². The van der Waals surface area contributed by atoms with Crippen molar-refractivity contribution in [3.63, 3.8) is 0 Å². The topological polar surface area (TPSA) is 92.2 Å². The molecule has 2 N–H and O–H groups in total. The van der Waals surface area contributed by atoms with Gasteiger partial charge in [0.1, 0.15) is 11.4 Å². The number of imidazole rings is 1. The number of amides is 2. The van der Waals surface area contributed by atoms with Crippen LogP contribution in [0.2, 0.25) is 0 Å². The van der Waals surface area contributed by atoms with E-state index < -0.39 is 0 Å². The second kappa shape index (κ2) is 8.41. The first kappa shape index (κ1) is 19.7. The van der Waals surface area contributed by atoms with E-state index in [9.17, 15) is 9.59 Å². The average molecular weight is 399 g/mol. The summed E-state index contributed by atoms with van der Waals surface area (Å²) in [6, 6.07) is 3.88.